The van der Waals surface area contributed by atoms with Gasteiger partial charge in [0, 0.05) is 50.1 Å². The van der Waals surface area contributed by atoms with Gasteiger partial charge in [-0.3, -0.25) is 4.98 Å². The predicted octanol–water partition coefficient (Wildman–Crippen LogP) is 13.4. The van der Waals surface area contributed by atoms with Crippen LogP contribution in [0.25, 0.3) is 110 Å². The molecule has 0 fully saturated rings. The monoisotopic (exact) mass is 685 g/mol. The average Bonchev–Trinajstić information content (AvgIpc) is 3.76. The van der Waals surface area contributed by atoms with Crippen LogP contribution in [0.3, 0.4) is 0 Å². The Hall–Kier alpha value is -7.23. The molecule has 3 aromatic heterocycles. The van der Waals surface area contributed by atoms with Crippen LogP contribution in [-0.2, 0) is 0 Å². The molecule has 54 heavy (non-hydrogen) atoms. The minimum atomic E-state index is 1.01. The fraction of sp³-hybridized carbons (Fsp3) is 0. The zero-order valence-corrected chi connectivity index (χ0v) is 29.2. The third-order valence-corrected chi connectivity index (χ3v) is 11.5. The highest BCUT2D eigenvalue weighted by Gasteiger charge is 2.26. The lowest BCUT2D eigenvalue weighted by Crippen LogP contribution is -2.02. The van der Waals surface area contributed by atoms with Crippen molar-refractivity contribution in [3.63, 3.8) is 0 Å². The van der Waals surface area contributed by atoms with Crippen molar-refractivity contribution in [3.8, 4) is 55.9 Å². The molecule has 0 radical (unpaired) electrons. The quantitative estimate of drug-likeness (QED) is 0.178. The second kappa shape index (κ2) is 11.1. The van der Waals surface area contributed by atoms with Crippen LogP contribution in [0.4, 0.5) is 0 Å². The average molecular weight is 686 g/mol. The van der Waals surface area contributed by atoms with Crippen molar-refractivity contribution < 1.29 is 0 Å². The molecule has 8 aromatic carbocycles. The molecule has 3 heterocycles. The predicted molar refractivity (Wildman–Crippen MR) is 226 cm³/mol. The minimum Gasteiger partial charge on any atom is -0.309 e. The zero-order chi connectivity index (χ0) is 35.3. The molecular formula is C51H31N3. The van der Waals surface area contributed by atoms with E-state index in [4.69, 9.17) is 4.98 Å². The van der Waals surface area contributed by atoms with E-state index in [0.29, 0.717) is 0 Å². The summed E-state index contributed by atoms with van der Waals surface area (Å²) in [6, 6.07) is 66.7. The lowest BCUT2D eigenvalue weighted by atomic mass is 9.80. The maximum Gasteiger partial charge on any atom is 0.0786 e. The number of hydrogen-bond donors (Lipinski definition) is 0. The smallest absolute Gasteiger partial charge is 0.0786 e. The van der Waals surface area contributed by atoms with Crippen molar-refractivity contribution in [1.29, 1.82) is 0 Å². The van der Waals surface area contributed by atoms with Crippen LogP contribution in [-0.4, -0.2) is 14.1 Å². The van der Waals surface area contributed by atoms with Gasteiger partial charge >= 0.3 is 0 Å². The van der Waals surface area contributed by atoms with E-state index in [1.54, 1.807) is 0 Å². The van der Waals surface area contributed by atoms with E-state index in [-0.39, 0.29) is 0 Å². The first-order valence-electron chi connectivity index (χ1n) is 18.6. The molecule has 11 aromatic rings. The van der Waals surface area contributed by atoms with Crippen LogP contribution < -0.4 is 0 Å². The van der Waals surface area contributed by atoms with Crippen molar-refractivity contribution in [2.45, 2.75) is 0 Å². The first-order chi connectivity index (χ1) is 26.8. The first kappa shape index (κ1) is 29.4. The highest BCUT2D eigenvalue weighted by atomic mass is 15.0. The molecule has 12 rings (SSSR count). The first-order valence-corrected chi connectivity index (χ1v) is 18.6. The number of rotatable bonds is 2. The Kier molecular flexibility index (Phi) is 6.05. The Labute approximate surface area is 311 Å². The normalized spacial score (nSPS) is 12.1. The number of fused-ring (bicyclic) bond motifs is 16. The highest BCUT2D eigenvalue weighted by molar-refractivity contribution is 6.13. The minimum absolute atomic E-state index is 1.01. The van der Waals surface area contributed by atoms with Gasteiger partial charge in [-0.2, -0.15) is 0 Å². The van der Waals surface area contributed by atoms with Gasteiger partial charge in [-0.25, -0.2) is 0 Å². The van der Waals surface area contributed by atoms with E-state index in [1.807, 2.05) is 12.3 Å². The Morgan fingerprint density at radius 3 is 1.28 bits per heavy atom. The molecule has 1 aliphatic rings. The largest absolute Gasteiger partial charge is 0.309 e. The SMILES string of the molecule is c1ccc2c(c1)-c1cc(-n3c4ccccc4c4ccccc43)ccc1-c1ccc(-n3c4ccccc4c4ccccc43)cc1-c1ccc3cccnc3c1-2. The molecule has 0 unspecified atom stereocenters. The van der Waals surface area contributed by atoms with Gasteiger partial charge in [-0.1, -0.05) is 127 Å². The molecule has 0 bridgehead atoms. The molecule has 3 nitrogen and oxygen atoms in total. The van der Waals surface area contributed by atoms with E-state index < -0.39 is 0 Å². The molecule has 0 atom stereocenters. The fourth-order valence-corrected chi connectivity index (χ4v) is 9.24. The van der Waals surface area contributed by atoms with Crippen molar-refractivity contribution in [1.82, 2.24) is 14.1 Å². The molecule has 1 aliphatic carbocycles. The van der Waals surface area contributed by atoms with E-state index >= 15 is 0 Å². The van der Waals surface area contributed by atoms with Crippen LogP contribution >= 0.6 is 0 Å². The lowest BCUT2D eigenvalue weighted by molar-refractivity contribution is 1.18. The van der Waals surface area contributed by atoms with Gasteiger partial charge in [0.25, 0.3) is 0 Å². The number of pyridine rings is 1. The zero-order valence-electron chi connectivity index (χ0n) is 29.2. The van der Waals surface area contributed by atoms with Crippen LogP contribution in [0.5, 0.6) is 0 Å². The van der Waals surface area contributed by atoms with Crippen molar-refractivity contribution in [2.75, 3.05) is 0 Å². The maximum atomic E-state index is 5.07. The summed E-state index contributed by atoms with van der Waals surface area (Å²) in [6.45, 7) is 0. The van der Waals surface area contributed by atoms with Crippen LogP contribution in [0.15, 0.2) is 188 Å². The van der Waals surface area contributed by atoms with Gasteiger partial charge < -0.3 is 9.13 Å². The summed E-state index contributed by atoms with van der Waals surface area (Å²) in [5, 5.41) is 6.16. The Bertz CT molecular complexity index is 3230. The van der Waals surface area contributed by atoms with Gasteiger partial charge in [0.05, 0.1) is 27.6 Å². The van der Waals surface area contributed by atoms with Crippen LogP contribution in [0.1, 0.15) is 0 Å². The third-order valence-electron chi connectivity index (χ3n) is 11.5. The van der Waals surface area contributed by atoms with Crippen molar-refractivity contribution in [3.05, 3.63) is 188 Å². The molecule has 0 saturated carbocycles. The number of para-hydroxylation sites is 4. The third kappa shape index (κ3) is 4.04. The molecule has 0 N–H and O–H groups in total. The molecule has 0 saturated heterocycles. The summed E-state index contributed by atoms with van der Waals surface area (Å²) in [5.74, 6) is 0. The van der Waals surface area contributed by atoms with E-state index in [2.05, 4.69) is 185 Å². The summed E-state index contributed by atoms with van der Waals surface area (Å²) in [4.78, 5) is 5.07. The second-order valence-electron chi connectivity index (χ2n) is 14.3. The van der Waals surface area contributed by atoms with Crippen LogP contribution in [0, 0.1) is 0 Å². The molecule has 0 amide bonds. The summed E-state index contributed by atoms with van der Waals surface area (Å²) < 4.78 is 4.84. The lowest BCUT2D eigenvalue weighted by Gasteiger charge is -2.25. The van der Waals surface area contributed by atoms with Gasteiger partial charge in [0.1, 0.15) is 0 Å². The van der Waals surface area contributed by atoms with E-state index in [9.17, 15) is 0 Å². The fourth-order valence-electron chi connectivity index (χ4n) is 9.24. The summed E-state index contributed by atoms with van der Waals surface area (Å²) >= 11 is 0. The van der Waals surface area contributed by atoms with E-state index in [1.165, 1.54) is 82.6 Å². The molecule has 0 spiro atoms. The number of hydrogen-bond acceptors (Lipinski definition) is 1. The Balaban J connectivity index is 1.20. The van der Waals surface area contributed by atoms with Crippen molar-refractivity contribution >= 4 is 54.5 Å². The standard InChI is InChI=1S/C51H31N3/c1-2-18-42-35(13-1)44-30-33(53-46-19-7-3-14-38(46)39-15-4-8-20-47(39)53)24-27-36(44)37-28-25-34(31-45(37)43-26-23-32-12-11-29-52-51(32)50(42)43)54-48-21-9-5-16-40(48)41-17-6-10-22-49(41)54/h1-31H. The second-order valence-corrected chi connectivity index (χ2v) is 14.3. The van der Waals surface area contributed by atoms with Gasteiger partial charge in [0.15, 0.2) is 0 Å². The number of benzene rings is 8. The molecular weight excluding hydrogens is 655 g/mol. The summed E-state index contributed by atoms with van der Waals surface area (Å²) in [6.07, 6.45) is 1.92. The number of nitrogens with zero attached hydrogens (tertiary/aromatic N) is 3. The maximum absolute atomic E-state index is 5.07. The molecule has 3 heteroatoms. The van der Waals surface area contributed by atoms with Gasteiger partial charge in [-0.15, -0.1) is 0 Å². The van der Waals surface area contributed by atoms with E-state index in [0.717, 1.165) is 27.8 Å². The number of aromatic nitrogens is 3. The highest BCUT2D eigenvalue weighted by Crippen LogP contribution is 2.51. The van der Waals surface area contributed by atoms with Crippen molar-refractivity contribution in [2.24, 2.45) is 0 Å². The Morgan fingerprint density at radius 2 is 0.741 bits per heavy atom. The molecule has 250 valence electrons. The molecule has 0 aliphatic heterocycles. The van der Waals surface area contributed by atoms with Gasteiger partial charge in [-0.05, 0) is 93.5 Å². The topological polar surface area (TPSA) is 22.8 Å². The summed E-state index contributed by atoms with van der Waals surface area (Å²) in [5.41, 5.74) is 17.6. The van der Waals surface area contributed by atoms with Crippen LogP contribution in [0.2, 0.25) is 0 Å². The summed E-state index contributed by atoms with van der Waals surface area (Å²) in [7, 11) is 0. The van der Waals surface area contributed by atoms with Gasteiger partial charge in [0.2, 0.25) is 0 Å². The Morgan fingerprint density at radius 1 is 0.315 bits per heavy atom.